The van der Waals surface area contributed by atoms with E-state index in [1.807, 2.05) is 121 Å². The molecule has 2 saturated heterocycles. The maximum Gasteiger partial charge on any atom is 0.321 e. The number of hydrogen-bond donors (Lipinski definition) is 1. The van der Waals surface area contributed by atoms with Crippen molar-refractivity contribution >= 4 is 56.8 Å². The molecule has 7 rings (SSSR count). The summed E-state index contributed by atoms with van der Waals surface area (Å²) in [6.07, 6.45) is -0.433. The van der Waals surface area contributed by atoms with E-state index in [9.17, 15) is 14.4 Å². The number of carbonyl (C=O) groups is 3. The number of fused-ring (bicyclic) bond motifs is 1. The Morgan fingerprint density at radius 3 is 2.06 bits per heavy atom. The molecule has 236 valence electrons. The van der Waals surface area contributed by atoms with Crippen molar-refractivity contribution in [3.8, 4) is 11.1 Å². The number of carbonyl (C=O) groups excluding carboxylic acids is 3. The maximum absolute atomic E-state index is 14.8. The monoisotopic (exact) mass is 722 g/mol. The summed E-state index contributed by atoms with van der Waals surface area (Å²) in [5.41, 5.74) is 3.47. The summed E-state index contributed by atoms with van der Waals surface area (Å²) in [7, 11) is 0. The summed E-state index contributed by atoms with van der Waals surface area (Å²) in [6, 6.07) is 38.3. The fourth-order valence-corrected chi connectivity index (χ4v) is 10.2. The van der Waals surface area contributed by atoms with Crippen molar-refractivity contribution in [1.82, 2.24) is 10.2 Å². The molecule has 2 amide bonds. The van der Waals surface area contributed by atoms with Gasteiger partial charge in [0.15, 0.2) is 6.10 Å². The van der Waals surface area contributed by atoms with E-state index in [4.69, 9.17) is 4.74 Å². The van der Waals surface area contributed by atoms with Crippen molar-refractivity contribution in [3.05, 3.63) is 153 Å². The highest BCUT2D eigenvalue weighted by atomic mass is 79.9. The van der Waals surface area contributed by atoms with Crippen LogP contribution in [0.25, 0.3) is 11.1 Å². The van der Waals surface area contributed by atoms with E-state index in [0.717, 1.165) is 37.2 Å². The molecule has 0 spiro atoms. The second kappa shape index (κ2) is 13.5. The van der Waals surface area contributed by atoms with Crippen molar-refractivity contribution in [2.75, 3.05) is 12.3 Å². The molecular formula is C38H31BrN2O4S2. The Morgan fingerprint density at radius 1 is 0.872 bits per heavy atom. The van der Waals surface area contributed by atoms with Crippen LogP contribution in [0.2, 0.25) is 0 Å². The number of thioether (sulfide) groups is 1. The van der Waals surface area contributed by atoms with E-state index in [-0.39, 0.29) is 30.2 Å². The number of nitrogens with zero attached hydrogens (tertiary/aromatic N) is 1. The summed E-state index contributed by atoms with van der Waals surface area (Å²) in [5.74, 6) is -0.408. The molecule has 1 aromatic heterocycles. The van der Waals surface area contributed by atoms with Gasteiger partial charge in [0.05, 0.1) is 6.42 Å². The Bertz CT molecular complexity index is 1850. The van der Waals surface area contributed by atoms with Gasteiger partial charge in [-0.25, -0.2) is 0 Å². The third-order valence-electron chi connectivity index (χ3n) is 8.68. The second-order valence-electron chi connectivity index (χ2n) is 11.7. The molecule has 4 aromatic carbocycles. The van der Waals surface area contributed by atoms with Gasteiger partial charge in [0.1, 0.15) is 16.8 Å². The highest BCUT2D eigenvalue weighted by molar-refractivity contribution is 9.10. The topological polar surface area (TPSA) is 75.7 Å². The van der Waals surface area contributed by atoms with Crippen LogP contribution in [0.4, 0.5) is 0 Å². The molecule has 2 fully saturated rings. The summed E-state index contributed by atoms with van der Waals surface area (Å²) in [6.45, 7) is 0.150. The SMILES string of the molecule is O=C(Cc1ccccc1)N[C@@H]1C(=O)N2CC(C(=O)OC(c3ccccc3)c3ccccc3)(c3scc(-c4ccccc4)c3Br)CS[C@H]12. The first kappa shape index (κ1) is 31.4. The van der Waals surface area contributed by atoms with E-state index in [1.165, 1.54) is 23.1 Å². The molecule has 9 heteroatoms. The van der Waals surface area contributed by atoms with E-state index < -0.39 is 23.5 Å². The third-order valence-corrected chi connectivity index (χ3v) is 12.5. The normalized spacial score (nSPS) is 20.3. The van der Waals surface area contributed by atoms with E-state index >= 15 is 0 Å². The first-order valence-electron chi connectivity index (χ1n) is 15.3. The molecule has 0 bridgehead atoms. The van der Waals surface area contributed by atoms with Gasteiger partial charge in [0.25, 0.3) is 0 Å². The summed E-state index contributed by atoms with van der Waals surface area (Å²) >= 11 is 6.87. The van der Waals surface area contributed by atoms with Gasteiger partial charge in [0.2, 0.25) is 11.8 Å². The molecule has 6 nitrogen and oxygen atoms in total. The van der Waals surface area contributed by atoms with Crippen molar-refractivity contribution in [2.45, 2.75) is 29.4 Å². The van der Waals surface area contributed by atoms with Gasteiger partial charge in [-0.3, -0.25) is 14.4 Å². The van der Waals surface area contributed by atoms with Crippen molar-refractivity contribution in [1.29, 1.82) is 0 Å². The van der Waals surface area contributed by atoms with Gasteiger partial charge in [-0.05, 0) is 38.2 Å². The van der Waals surface area contributed by atoms with Crippen molar-refractivity contribution in [3.63, 3.8) is 0 Å². The first-order chi connectivity index (χ1) is 22.9. The van der Waals surface area contributed by atoms with Crippen LogP contribution in [0, 0.1) is 0 Å². The fraction of sp³-hybridized carbons (Fsp3) is 0.184. The van der Waals surface area contributed by atoms with Crippen LogP contribution in [-0.4, -0.2) is 46.4 Å². The smallest absolute Gasteiger partial charge is 0.321 e. The maximum atomic E-state index is 14.8. The second-order valence-corrected chi connectivity index (χ2v) is 14.5. The van der Waals surface area contributed by atoms with Crippen LogP contribution in [0.15, 0.2) is 131 Å². The molecule has 2 aliphatic heterocycles. The van der Waals surface area contributed by atoms with Crippen LogP contribution in [0.5, 0.6) is 0 Å². The van der Waals surface area contributed by atoms with Crippen LogP contribution in [0.3, 0.4) is 0 Å². The Morgan fingerprint density at radius 2 is 1.45 bits per heavy atom. The molecule has 0 aliphatic carbocycles. The van der Waals surface area contributed by atoms with Crippen molar-refractivity contribution in [2.24, 2.45) is 0 Å². The number of nitrogens with one attached hydrogen (secondary N) is 1. The summed E-state index contributed by atoms with van der Waals surface area (Å²) in [5, 5.41) is 4.73. The number of rotatable bonds is 9. The molecule has 3 atom stereocenters. The first-order valence-corrected chi connectivity index (χ1v) is 18.1. The number of benzene rings is 4. The Kier molecular flexibility index (Phi) is 9.03. The largest absolute Gasteiger partial charge is 0.452 e. The lowest BCUT2D eigenvalue weighted by Gasteiger charge is -2.54. The van der Waals surface area contributed by atoms with E-state index in [2.05, 4.69) is 26.6 Å². The number of halogens is 1. The molecule has 2 aliphatic rings. The fourth-order valence-electron chi connectivity index (χ4n) is 6.22. The van der Waals surface area contributed by atoms with Crippen LogP contribution in [0.1, 0.15) is 27.7 Å². The third kappa shape index (κ3) is 6.15. The quantitative estimate of drug-likeness (QED) is 0.127. The lowest BCUT2D eigenvalue weighted by atomic mass is 9.84. The predicted molar refractivity (Wildman–Crippen MR) is 190 cm³/mol. The molecule has 1 N–H and O–H groups in total. The number of ether oxygens (including phenoxy) is 1. The molecule has 5 aromatic rings. The zero-order valence-electron chi connectivity index (χ0n) is 25.3. The lowest BCUT2D eigenvalue weighted by Crippen LogP contribution is -2.74. The Balaban J connectivity index is 1.20. The zero-order chi connectivity index (χ0) is 32.4. The van der Waals surface area contributed by atoms with Crippen LogP contribution >= 0.6 is 39.0 Å². The zero-order valence-corrected chi connectivity index (χ0v) is 28.5. The molecule has 0 radical (unpaired) electrons. The standard InChI is InChI=1S/C38H31BrN2O4S2/c39-31-29(26-15-7-2-8-16-26)22-46-34(31)38(37(44)45-33(27-17-9-3-10-18-27)28-19-11-4-12-20-28)23-41-35(43)32(36(41)47-24-38)40-30(42)21-25-13-5-1-6-14-25/h1-20,22,32-33,36H,21,23-24H2,(H,40,42)/t32-,36-,38?/m1/s1. The van der Waals surface area contributed by atoms with Crippen LogP contribution in [-0.2, 0) is 31.0 Å². The van der Waals surface area contributed by atoms with Crippen molar-refractivity contribution < 1.29 is 19.1 Å². The van der Waals surface area contributed by atoms with Gasteiger partial charge in [0, 0.05) is 32.6 Å². The number of thiophene rings is 1. The van der Waals surface area contributed by atoms with E-state index in [0.29, 0.717) is 5.75 Å². The molecular weight excluding hydrogens is 692 g/mol. The van der Waals surface area contributed by atoms with Gasteiger partial charge in [-0.15, -0.1) is 23.1 Å². The van der Waals surface area contributed by atoms with Gasteiger partial charge in [-0.1, -0.05) is 121 Å². The average molecular weight is 724 g/mol. The minimum atomic E-state index is -1.14. The van der Waals surface area contributed by atoms with Gasteiger partial charge < -0.3 is 15.0 Å². The Labute approximate surface area is 290 Å². The number of hydrogen-bond acceptors (Lipinski definition) is 6. The minimum Gasteiger partial charge on any atom is -0.452 e. The van der Waals surface area contributed by atoms with Gasteiger partial charge >= 0.3 is 5.97 Å². The predicted octanol–water partition coefficient (Wildman–Crippen LogP) is 7.39. The number of amides is 2. The van der Waals surface area contributed by atoms with E-state index in [1.54, 1.807) is 4.90 Å². The van der Waals surface area contributed by atoms with Crippen LogP contribution < -0.4 is 5.32 Å². The minimum absolute atomic E-state index is 0.150. The average Bonchev–Trinajstić information content (AvgIpc) is 3.52. The summed E-state index contributed by atoms with van der Waals surface area (Å²) in [4.78, 5) is 43.8. The highest BCUT2D eigenvalue weighted by Gasteiger charge is 2.59. The molecule has 3 heterocycles. The summed E-state index contributed by atoms with van der Waals surface area (Å²) < 4.78 is 7.34. The molecule has 47 heavy (non-hydrogen) atoms. The highest BCUT2D eigenvalue weighted by Crippen LogP contribution is 2.50. The molecule has 1 unspecified atom stereocenters. The van der Waals surface area contributed by atoms with Gasteiger partial charge in [-0.2, -0.15) is 0 Å². The Hall–Kier alpha value is -4.18. The lowest BCUT2D eigenvalue weighted by molar-refractivity contribution is -0.160. The number of esters is 1. The molecule has 0 saturated carbocycles. The number of β-lactam (4-membered cyclic amide) rings is 1.